The third-order valence-electron chi connectivity index (χ3n) is 3.72. The Bertz CT molecular complexity index is 650. The highest BCUT2D eigenvalue weighted by Gasteiger charge is 2.15. The molecule has 0 radical (unpaired) electrons. The summed E-state index contributed by atoms with van der Waals surface area (Å²) in [4.78, 5) is 16.0. The molecule has 0 spiro atoms. The van der Waals surface area contributed by atoms with E-state index in [9.17, 15) is 4.79 Å². The molecule has 2 aromatic rings. The Balaban J connectivity index is 0.00000169. The van der Waals surface area contributed by atoms with Crippen LogP contribution >= 0.6 is 24.8 Å². The molecule has 2 heterocycles. The lowest BCUT2D eigenvalue weighted by Gasteiger charge is -2.23. The summed E-state index contributed by atoms with van der Waals surface area (Å²) in [5, 5.41) is 6.24. The number of carbonyl (C=O) groups excluding carboxylic acids is 1. The number of hydrogen-bond acceptors (Lipinski definition) is 5. The molecule has 26 heavy (non-hydrogen) atoms. The van der Waals surface area contributed by atoms with Crippen LogP contribution in [0.15, 0.2) is 48.7 Å². The van der Waals surface area contributed by atoms with Crippen molar-refractivity contribution in [2.45, 2.75) is 18.9 Å². The van der Waals surface area contributed by atoms with Gasteiger partial charge in [0.15, 0.2) is 6.61 Å². The summed E-state index contributed by atoms with van der Waals surface area (Å²) in [6.07, 6.45) is 3.77. The van der Waals surface area contributed by atoms with Gasteiger partial charge in [0.2, 0.25) is 5.88 Å². The maximum Gasteiger partial charge on any atom is 0.258 e. The molecule has 1 aromatic heterocycles. The van der Waals surface area contributed by atoms with Gasteiger partial charge in [-0.05, 0) is 49.7 Å². The van der Waals surface area contributed by atoms with Crippen LogP contribution in [0, 0.1) is 0 Å². The normalized spacial score (nSPS) is 15.8. The van der Waals surface area contributed by atoms with Crippen molar-refractivity contribution in [2.75, 3.05) is 19.7 Å². The number of piperidine rings is 1. The highest BCUT2D eigenvalue weighted by Crippen LogP contribution is 2.22. The average Bonchev–Trinajstić information content (AvgIpc) is 2.63. The summed E-state index contributed by atoms with van der Waals surface area (Å²) in [5.41, 5.74) is 0. The Labute approximate surface area is 165 Å². The van der Waals surface area contributed by atoms with Crippen molar-refractivity contribution in [2.24, 2.45) is 0 Å². The molecule has 1 amide bonds. The Hall–Kier alpha value is -2.02. The minimum Gasteiger partial charge on any atom is -0.484 e. The van der Waals surface area contributed by atoms with Gasteiger partial charge in [0.05, 0.1) is 0 Å². The fourth-order valence-electron chi connectivity index (χ4n) is 2.53. The first kappa shape index (κ1) is 22.0. The molecule has 0 unspecified atom stereocenters. The Kier molecular flexibility index (Phi) is 9.80. The van der Waals surface area contributed by atoms with E-state index in [2.05, 4.69) is 15.6 Å². The fraction of sp³-hybridized carbons (Fsp3) is 0.333. The van der Waals surface area contributed by atoms with E-state index in [0.29, 0.717) is 17.4 Å². The second kappa shape index (κ2) is 11.6. The molecular weight excluding hydrogens is 377 g/mol. The summed E-state index contributed by atoms with van der Waals surface area (Å²) in [6, 6.07) is 12.8. The van der Waals surface area contributed by atoms with Crippen molar-refractivity contribution in [3.63, 3.8) is 0 Å². The summed E-state index contributed by atoms with van der Waals surface area (Å²) in [6.45, 7) is 1.86. The van der Waals surface area contributed by atoms with Crippen LogP contribution in [0.3, 0.4) is 0 Å². The SMILES string of the molecule is Cl.Cl.O=C(COc1ccc(Oc2ccccn2)cc1)N[C@H]1CCCNC1. The van der Waals surface area contributed by atoms with E-state index in [1.807, 2.05) is 12.1 Å². The topological polar surface area (TPSA) is 72.5 Å². The van der Waals surface area contributed by atoms with Gasteiger partial charge in [-0.1, -0.05) is 6.07 Å². The maximum atomic E-state index is 11.9. The first-order chi connectivity index (χ1) is 11.8. The lowest BCUT2D eigenvalue weighted by atomic mass is 10.1. The number of amides is 1. The minimum atomic E-state index is -0.0995. The van der Waals surface area contributed by atoms with Gasteiger partial charge in [-0.3, -0.25) is 4.79 Å². The van der Waals surface area contributed by atoms with E-state index in [-0.39, 0.29) is 43.4 Å². The summed E-state index contributed by atoms with van der Waals surface area (Å²) in [7, 11) is 0. The van der Waals surface area contributed by atoms with Crippen molar-refractivity contribution in [1.82, 2.24) is 15.6 Å². The maximum absolute atomic E-state index is 11.9. The summed E-state index contributed by atoms with van der Waals surface area (Å²) in [5.74, 6) is 1.73. The molecule has 1 atom stereocenters. The highest BCUT2D eigenvalue weighted by atomic mass is 35.5. The predicted octanol–water partition coefficient (Wildman–Crippen LogP) is 2.96. The van der Waals surface area contributed by atoms with Crippen molar-refractivity contribution in [3.8, 4) is 17.4 Å². The zero-order valence-corrected chi connectivity index (χ0v) is 15.9. The van der Waals surface area contributed by atoms with Crippen LogP contribution in [0.5, 0.6) is 17.4 Å². The number of ether oxygens (including phenoxy) is 2. The van der Waals surface area contributed by atoms with Crippen molar-refractivity contribution < 1.29 is 14.3 Å². The third kappa shape index (κ3) is 7.07. The van der Waals surface area contributed by atoms with Gasteiger partial charge >= 0.3 is 0 Å². The largest absolute Gasteiger partial charge is 0.484 e. The number of hydrogen-bond donors (Lipinski definition) is 2. The van der Waals surface area contributed by atoms with Crippen LogP contribution in [-0.4, -0.2) is 36.6 Å². The highest BCUT2D eigenvalue weighted by molar-refractivity contribution is 5.85. The molecule has 142 valence electrons. The van der Waals surface area contributed by atoms with E-state index in [1.165, 1.54) is 0 Å². The Morgan fingerprint density at radius 2 is 1.92 bits per heavy atom. The van der Waals surface area contributed by atoms with Gasteiger partial charge in [-0.15, -0.1) is 24.8 Å². The van der Waals surface area contributed by atoms with Crippen LogP contribution < -0.4 is 20.1 Å². The molecule has 0 saturated carbocycles. The monoisotopic (exact) mass is 399 g/mol. The van der Waals surface area contributed by atoms with Crippen molar-refractivity contribution in [3.05, 3.63) is 48.7 Å². The van der Waals surface area contributed by atoms with Crippen molar-refractivity contribution >= 4 is 30.7 Å². The van der Waals surface area contributed by atoms with Gasteiger partial charge in [-0.25, -0.2) is 4.98 Å². The second-order valence-corrected chi connectivity index (χ2v) is 5.64. The van der Waals surface area contributed by atoms with Gasteiger partial charge in [-0.2, -0.15) is 0 Å². The molecule has 3 rings (SSSR count). The molecule has 0 aliphatic carbocycles. The molecule has 1 aliphatic rings. The third-order valence-corrected chi connectivity index (χ3v) is 3.72. The summed E-state index contributed by atoms with van der Waals surface area (Å²) >= 11 is 0. The lowest BCUT2D eigenvalue weighted by Crippen LogP contribution is -2.46. The predicted molar refractivity (Wildman–Crippen MR) is 105 cm³/mol. The molecular formula is C18H23Cl2N3O3. The molecule has 1 aliphatic heterocycles. The molecule has 1 saturated heterocycles. The molecule has 6 nitrogen and oxygen atoms in total. The van der Waals surface area contributed by atoms with Gasteiger partial charge in [0, 0.05) is 24.8 Å². The van der Waals surface area contributed by atoms with E-state index < -0.39 is 0 Å². The van der Waals surface area contributed by atoms with Crippen LogP contribution in [0.1, 0.15) is 12.8 Å². The molecule has 0 bridgehead atoms. The molecule has 1 fully saturated rings. The standard InChI is InChI=1S/C18H21N3O3.2ClH/c22-17(21-14-4-3-10-19-12-14)13-23-15-6-8-16(9-7-15)24-18-5-1-2-11-20-18;;/h1-2,5-9,11,14,19H,3-4,10,12-13H2,(H,21,22);2*1H/t14-;;/m0../s1. The zero-order chi connectivity index (χ0) is 16.6. The quantitative estimate of drug-likeness (QED) is 0.780. The van der Waals surface area contributed by atoms with E-state index in [0.717, 1.165) is 25.9 Å². The number of nitrogens with zero attached hydrogens (tertiary/aromatic N) is 1. The number of aromatic nitrogens is 1. The van der Waals surface area contributed by atoms with Gasteiger partial charge < -0.3 is 20.1 Å². The number of nitrogens with one attached hydrogen (secondary N) is 2. The second-order valence-electron chi connectivity index (χ2n) is 5.64. The summed E-state index contributed by atoms with van der Waals surface area (Å²) < 4.78 is 11.1. The first-order valence-electron chi connectivity index (χ1n) is 8.11. The number of halogens is 2. The van der Waals surface area contributed by atoms with E-state index >= 15 is 0 Å². The van der Waals surface area contributed by atoms with Crippen LogP contribution in [-0.2, 0) is 4.79 Å². The van der Waals surface area contributed by atoms with Crippen LogP contribution in [0.4, 0.5) is 0 Å². The average molecular weight is 400 g/mol. The molecule has 2 N–H and O–H groups in total. The van der Waals surface area contributed by atoms with E-state index in [1.54, 1.807) is 36.5 Å². The fourth-order valence-corrected chi connectivity index (χ4v) is 2.53. The van der Waals surface area contributed by atoms with E-state index in [4.69, 9.17) is 9.47 Å². The lowest BCUT2D eigenvalue weighted by molar-refractivity contribution is -0.123. The van der Waals surface area contributed by atoms with Gasteiger partial charge in [0.1, 0.15) is 11.5 Å². The number of rotatable bonds is 6. The number of benzene rings is 1. The molecule has 1 aromatic carbocycles. The Morgan fingerprint density at radius 1 is 1.15 bits per heavy atom. The smallest absolute Gasteiger partial charge is 0.258 e. The zero-order valence-electron chi connectivity index (χ0n) is 14.2. The van der Waals surface area contributed by atoms with Crippen molar-refractivity contribution in [1.29, 1.82) is 0 Å². The van der Waals surface area contributed by atoms with Gasteiger partial charge in [0.25, 0.3) is 5.91 Å². The Morgan fingerprint density at radius 3 is 2.58 bits per heavy atom. The van der Waals surface area contributed by atoms with Crippen LogP contribution in [0.25, 0.3) is 0 Å². The number of pyridine rings is 1. The number of carbonyl (C=O) groups is 1. The first-order valence-corrected chi connectivity index (χ1v) is 8.11. The molecule has 8 heteroatoms. The van der Waals surface area contributed by atoms with Crippen LogP contribution in [0.2, 0.25) is 0 Å². The minimum absolute atomic E-state index is 0.